The second-order valence-corrected chi connectivity index (χ2v) is 4.04. The number of unbranched alkanes of at least 4 members (excludes halogenated alkanes) is 1. The fraction of sp³-hybridized carbons (Fsp3) is 0.429. The Morgan fingerprint density at radius 1 is 1.07 bits per heavy atom. The van der Waals surface area contributed by atoms with Gasteiger partial charge in [0.1, 0.15) is 0 Å². The van der Waals surface area contributed by atoms with Gasteiger partial charge in [0.2, 0.25) is 0 Å². The maximum atomic E-state index is 8.57. The molecule has 0 radical (unpaired) electrons. The molecule has 0 atom stereocenters. The fourth-order valence-corrected chi connectivity index (χ4v) is 1.83. The number of benzene rings is 1. The van der Waals surface area contributed by atoms with Crippen LogP contribution in [0.1, 0.15) is 29.5 Å². The monoisotopic (exact) mass is 204 g/mol. The largest absolute Gasteiger partial charge is 0.392 e. The molecule has 1 heteroatoms. The number of allylic oxidation sites excluding steroid dienone is 1. The summed E-state index contributed by atoms with van der Waals surface area (Å²) in [5.74, 6) is 0. The molecule has 0 heterocycles. The van der Waals surface area contributed by atoms with Gasteiger partial charge in [-0.2, -0.15) is 0 Å². The van der Waals surface area contributed by atoms with E-state index < -0.39 is 0 Å². The number of hydrogen-bond acceptors (Lipinski definition) is 1. The first kappa shape index (κ1) is 12.0. The highest BCUT2D eigenvalue weighted by Gasteiger charge is 1.95. The lowest BCUT2D eigenvalue weighted by molar-refractivity contribution is 0.342. The van der Waals surface area contributed by atoms with Crippen molar-refractivity contribution in [3.8, 4) is 0 Å². The van der Waals surface area contributed by atoms with Crippen LogP contribution in [-0.2, 0) is 6.42 Å². The minimum absolute atomic E-state index is 0.156. The molecular weight excluding hydrogens is 184 g/mol. The van der Waals surface area contributed by atoms with Gasteiger partial charge in [-0.1, -0.05) is 41.5 Å². The Hall–Kier alpha value is -1.08. The zero-order valence-electron chi connectivity index (χ0n) is 9.66. The number of hydrogen-bond donors (Lipinski definition) is 1. The molecule has 1 N–H and O–H groups in total. The van der Waals surface area contributed by atoms with Crippen molar-refractivity contribution in [1.82, 2.24) is 0 Å². The van der Waals surface area contributed by atoms with Crippen LogP contribution in [0, 0.1) is 13.8 Å². The summed E-state index contributed by atoms with van der Waals surface area (Å²) in [5.41, 5.74) is 4.11. The van der Waals surface area contributed by atoms with Crippen LogP contribution in [0.4, 0.5) is 0 Å². The van der Waals surface area contributed by atoms with Crippen molar-refractivity contribution in [2.75, 3.05) is 6.61 Å². The Labute approximate surface area is 92.5 Å². The van der Waals surface area contributed by atoms with Crippen LogP contribution >= 0.6 is 0 Å². The summed E-state index contributed by atoms with van der Waals surface area (Å²) in [7, 11) is 0. The van der Waals surface area contributed by atoms with Crippen LogP contribution in [0.25, 0.3) is 0 Å². The first-order valence-corrected chi connectivity index (χ1v) is 5.55. The summed E-state index contributed by atoms with van der Waals surface area (Å²) >= 11 is 0. The molecule has 15 heavy (non-hydrogen) atoms. The van der Waals surface area contributed by atoms with E-state index in [0.717, 1.165) is 19.3 Å². The molecule has 1 nitrogen and oxygen atoms in total. The van der Waals surface area contributed by atoms with E-state index in [1.807, 2.05) is 12.2 Å². The molecule has 1 aromatic carbocycles. The van der Waals surface area contributed by atoms with Gasteiger partial charge in [0.05, 0.1) is 6.61 Å². The van der Waals surface area contributed by atoms with E-state index in [1.54, 1.807) is 0 Å². The molecule has 1 aromatic rings. The average Bonchev–Trinajstić information content (AvgIpc) is 2.16. The molecule has 0 saturated heterocycles. The van der Waals surface area contributed by atoms with Gasteiger partial charge < -0.3 is 5.11 Å². The average molecular weight is 204 g/mol. The standard InChI is InChI=1S/C14H20O/c1-12-9-13(2)11-14(10-12)7-5-3-4-6-8-15/h4,6,9-11,15H,3,5,7-8H2,1-2H3/b6-4+. The van der Waals surface area contributed by atoms with Crippen LogP contribution in [-0.4, -0.2) is 11.7 Å². The lowest BCUT2D eigenvalue weighted by atomic mass is 10.0. The number of aryl methyl sites for hydroxylation is 3. The van der Waals surface area contributed by atoms with Gasteiger partial charge in [-0.25, -0.2) is 0 Å². The molecule has 0 aliphatic carbocycles. The van der Waals surface area contributed by atoms with E-state index in [4.69, 9.17) is 5.11 Å². The molecule has 0 spiro atoms. The summed E-state index contributed by atoms with van der Waals surface area (Å²) in [6.45, 7) is 4.44. The van der Waals surface area contributed by atoms with Crippen molar-refractivity contribution in [3.63, 3.8) is 0 Å². The number of rotatable bonds is 5. The molecule has 0 saturated carbocycles. The Morgan fingerprint density at radius 3 is 2.33 bits per heavy atom. The molecule has 0 aromatic heterocycles. The van der Waals surface area contributed by atoms with Gasteiger partial charge in [0.25, 0.3) is 0 Å². The molecule has 0 aliphatic heterocycles. The van der Waals surface area contributed by atoms with Crippen molar-refractivity contribution in [3.05, 3.63) is 47.0 Å². The first-order chi connectivity index (χ1) is 7.22. The third-order valence-corrected chi connectivity index (χ3v) is 2.39. The van der Waals surface area contributed by atoms with Gasteiger partial charge in [-0.3, -0.25) is 0 Å². The Bertz CT molecular complexity index is 306. The summed E-state index contributed by atoms with van der Waals surface area (Å²) in [5, 5.41) is 8.57. The highest BCUT2D eigenvalue weighted by atomic mass is 16.2. The Kier molecular flexibility index (Phi) is 5.13. The molecule has 1 rings (SSSR count). The summed E-state index contributed by atoms with van der Waals surface area (Å²) in [6.07, 6.45) is 7.18. The topological polar surface area (TPSA) is 20.2 Å². The van der Waals surface area contributed by atoms with Crippen LogP contribution in [0.15, 0.2) is 30.4 Å². The van der Waals surface area contributed by atoms with Crippen LogP contribution in [0.2, 0.25) is 0 Å². The summed E-state index contributed by atoms with van der Waals surface area (Å²) < 4.78 is 0. The van der Waals surface area contributed by atoms with Gasteiger partial charge in [-0.15, -0.1) is 0 Å². The van der Waals surface area contributed by atoms with Crippen LogP contribution in [0.3, 0.4) is 0 Å². The third-order valence-electron chi connectivity index (χ3n) is 2.39. The second kappa shape index (κ2) is 6.41. The molecule has 82 valence electrons. The maximum Gasteiger partial charge on any atom is 0.0612 e. The van der Waals surface area contributed by atoms with Crippen molar-refractivity contribution in [2.24, 2.45) is 0 Å². The van der Waals surface area contributed by atoms with Crippen molar-refractivity contribution < 1.29 is 5.11 Å². The lowest BCUT2D eigenvalue weighted by Gasteiger charge is -2.03. The minimum Gasteiger partial charge on any atom is -0.392 e. The summed E-state index contributed by atoms with van der Waals surface area (Å²) in [6, 6.07) is 6.71. The van der Waals surface area contributed by atoms with Crippen LogP contribution in [0.5, 0.6) is 0 Å². The summed E-state index contributed by atoms with van der Waals surface area (Å²) in [4.78, 5) is 0. The smallest absolute Gasteiger partial charge is 0.0612 e. The van der Waals surface area contributed by atoms with E-state index in [1.165, 1.54) is 16.7 Å². The molecule has 0 bridgehead atoms. The Morgan fingerprint density at radius 2 is 1.73 bits per heavy atom. The molecule has 0 aliphatic rings. The normalized spacial score (nSPS) is 11.1. The van der Waals surface area contributed by atoms with E-state index in [9.17, 15) is 0 Å². The zero-order chi connectivity index (χ0) is 11.1. The van der Waals surface area contributed by atoms with Crippen molar-refractivity contribution in [2.45, 2.75) is 33.1 Å². The molecule has 0 fully saturated rings. The quantitative estimate of drug-likeness (QED) is 0.577. The van der Waals surface area contributed by atoms with Crippen molar-refractivity contribution >= 4 is 0 Å². The van der Waals surface area contributed by atoms with Crippen molar-refractivity contribution in [1.29, 1.82) is 0 Å². The molecule has 0 unspecified atom stereocenters. The number of aliphatic hydroxyl groups is 1. The fourth-order valence-electron chi connectivity index (χ4n) is 1.83. The zero-order valence-corrected chi connectivity index (χ0v) is 9.66. The van der Waals surface area contributed by atoms with Gasteiger partial charge in [0, 0.05) is 0 Å². The minimum atomic E-state index is 0.156. The number of aliphatic hydroxyl groups excluding tert-OH is 1. The highest BCUT2D eigenvalue weighted by molar-refractivity contribution is 5.28. The van der Waals surface area contributed by atoms with Gasteiger partial charge >= 0.3 is 0 Å². The SMILES string of the molecule is Cc1cc(C)cc(CCC/C=C/CO)c1. The van der Waals surface area contributed by atoms with E-state index in [2.05, 4.69) is 32.0 Å². The van der Waals surface area contributed by atoms with E-state index in [0.29, 0.717) is 0 Å². The van der Waals surface area contributed by atoms with Gasteiger partial charge in [-0.05, 0) is 38.7 Å². The highest BCUT2D eigenvalue weighted by Crippen LogP contribution is 2.11. The lowest BCUT2D eigenvalue weighted by Crippen LogP contribution is -1.88. The van der Waals surface area contributed by atoms with E-state index >= 15 is 0 Å². The molecule has 0 amide bonds. The predicted molar refractivity (Wildman–Crippen MR) is 65.1 cm³/mol. The third kappa shape index (κ3) is 4.80. The van der Waals surface area contributed by atoms with Crippen LogP contribution < -0.4 is 0 Å². The molecular formula is C14H20O. The predicted octanol–water partition coefficient (Wildman–Crippen LogP) is 3.17. The van der Waals surface area contributed by atoms with Gasteiger partial charge in [0.15, 0.2) is 0 Å². The second-order valence-electron chi connectivity index (χ2n) is 4.04. The van der Waals surface area contributed by atoms with E-state index in [-0.39, 0.29) is 6.61 Å². The maximum absolute atomic E-state index is 8.57. The first-order valence-electron chi connectivity index (χ1n) is 5.55. The Balaban J connectivity index is 2.40.